The molecule has 1 rings (SSSR count). The predicted octanol–water partition coefficient (Wildman–Crippen LogP) is 3.12. The lowest BCUT2D eigenvalue weighted by molar-refractivity contribution is 0.100. The second-order valence-electron chi connectivity index (χ2n) is 2.69. The van der Waals surface area contributed by atoms with E-state index in [1.807, 2.05) is 13.8 Å². The Hall–Kier alpha value is -1.44. The second kappa shape index (κ2) is 6.08. The Labute approximate surface area is 84.9 Å². The zero-order valence-corrected chi connectivity index (χ0v) is 9.13. The number of carbonyl (C=O) groups excluding carboxylic acids is 2. The molecule has 0 unspecified atom stereocenters. The van der Waals surface area contributed by atoms with Crippen LogP contribution in [-0.4, -0.2) is 11.6 Å². The van der Waals surface area contributed by atoms with E-state index in [4.69, 9.17) is 0 Å². The van der Waals surface area contributed by atoms with Gasteiger partial charge in [-0.05, 0) is 13.8 Å². The van der Waals surface area contributed by atoms with Crippen molar-refractivity contribution in [1.82, 2.24) is 0 Å². The van der Waals surface area contributed by atoms with Crippen LogP contribution in [0.2, 0.25) is 0 Å². The van der Waals surface area contributed by atoms with Gasteiger partial charge in [-0.1, -0.05) is 38.1 Å². The van der Waals surface area contributed by atoms with Gasteiger partial charge in [0.2, 0.25) is 0 Å². The van der Waals surface area contributed by atoms with Crippen LogP contribution in [0.4, 0.5) is 0 Å². The molecule has 0 atom stereocenters. The van der Waals surface area contributed by atoms with Crippen molar-refractivity contribution in [2.75, 3.05) is 0 Å². The maximum atomic E-state index is 10.8. The van der Waals surface area contributed by atoms with Crippen LogP contribution in [0.25, 0.3) is 0 Å². The lowest BCUT2D eigenvalue weighted by Gasteiger charge is -1.96. The van der Waals surface area contributed by atoms with Gasteiger partial charge in [0.1, 0.15) is 0 Å². The monoisotopic (exact) mass is 192 g/mol. The van der Waals surface area contributed by atoms with E-state index in [0.29, 0.717) is 11.1 Å². The van der Waals surface area contributed by atoms with Gasteiger partial charge in [-0.25, -0.2) is 0 Å². The standard InChI is InChI=1S/C10H10O2.C2H6/c1-7(11)9-3-5-10(6-4-9)8(2)12;1-2/h3-6H,1-2H3;1-2H3. The first-order valence-electron chi connectivity index (χ1n) is 4.73. The second-order valence-corrected chi connectivity index (χ2v) is 2.69. The van der Waals surface area contributed by atoms with Crippen molar-refractivity contribution in [1.29, 1.82) is 0 Å². The molecule has 0 amide bonds. The highest BCUT2D eigenvalue weighted by Gasteiger charge is 2.00. The zero-order valence-electron chi connectivity index (χ0n) is 9.13. The summed E-state index contributed by atoms with van der Waals surface area (Å²) in [6.45, 7) is 7.01. The van der Waals surface area contributed by atoms with Crippen molar-refractivity contribution in [3.8, 4) is 0 Å². The van der Waals surface area contributed by atoms with E-state index >= 15 is 0 Å². The Morgan fingerprint density at radius 1 is 0.786 bits per heavy atom. The summed E-state index contributed by atoms with van der Waals surface area (Å²) < 4.78 is 0. The molecule has 0 heterocycles. The third kappa shape index (κ3) is 3.52. The fraction of sp³-hybridized carbons (Fsp3) is 0.333. The molecule has 1 aromatic carbocycles. The van der Waals surface area contributed by atoms with E-state index in [1.54, 1.807) is 24.3 Å². The lowest BCUT2D eigenvalue weighted by atomic mass is 10.1. The molecular weight excluding hydrogens is 176 g/mol. The minimum Gasteiger partial charge on any atom is -0.295 e. The predicted molar refractivity (Wildman–Crippen MR) is 57.8 cm³/mol. The van der Waals surface area contributed by atoms with Crippen LogP contribution < -0.4 is 0 Å². The minimum atomic E-state index is 0.0186. The molecule has 14 heavy (non-hydrogen) atoms. The Morgan fingerprint density at radius 3 is 1.14 bits per heavy atom. The molecule has 0 fully saturated rings. The number of carbonyl (C=O) groups is 2. The maximum Gasteiger partial charge on any atom is 0.159 e. The van der Waals surface area contributed by atoms with Crippen molar-refractivity contribution >= 4 is 11.6 Å². The van der Waals surface area contributed by atoms with Crippen LogP contribution in [0.1, 0.15) is 48.4 Å². The van der Waals surface area contributed by atoms with Crippen LogP contribution in [0.15, 0.2) is 24.3 Å². The van der Waals surface area contributed by atoms with Crippen LogP contribution in [-0.2, 0) is 0 Å². The third-order valence-electron chi connectivity index (χ3n) is 1.70. The highest BCUT2D eigenvalue weighted by molar-refractivity contribution is 5.97. The largest absolute Gasteiger partial charge is 0.295 e. The van der Waals surface area contributed by atoms with E-state index < -0.39 is 0 Å². The van der Waals surface area contributed by atoms with Gasteiger partial charge in [-0.2, -0.15) is 0 Å². The number of hydrogen-bond acceptors (Lipinski definition) is 2. The molecule has 0 radical (unpaired) electrons. The summed E-state index contributed by atoms with van der Waals surface area (Å²) in [6, 6.07) is 6.66. The van der Waals surface area contributed by atoms with E-state index in [2.05, 4.69) is 0 Å². The number of benzene rings is 1. The van der Waals surface area contributed by atoms with Crippen LogP contribution in [0, 0.1) is 0 Å². The van der Waals surface area contributed by atoms with Crippen LogP contribution >= 0.6 is 0 Å². The molecule has 0 bridgehead atoms. The Morgan fingerprint density at radius 2 is 1.00 bits per heavy atom. The van der Waals surface area contributed by atoms with Gasteiger partial charge in [0.15, 0.2) is 11.6 Å². The number of hydrogen-bond donors (Lipinski definition) is 0. The normalized spacial score (nSPS) is 8.57. The van der Waals surface area contributed by atoms with Crippen molar-refractivity contribution in [3.05, 3.63) is 35.4 Å². The van der Waals surface area contributed by atoms with Crippen LogP contribution in [0.5, 0.6) is 0 Å². The third-order valence-corrected chi connectivity index (χ3v) is 1.70. The fourth-order valence-corrected chi connectivity index (χ4v) is 0.940. The zero-order chi connectivity index (χ0) is 11.1. The molecule has 0 aliphatic carbocycles. The van der Waals surface area contributed by atoms with Gasteiger partial charge in [-0.3, -0.25) is 9.59 Å². The van der Waals surface area contributed by atoms with E-state index in [9.17, 15) is 9.59 Å². The lowest BCUT2D eigenvalue weighted by Crippen LogP contribution is -1.95. The number of ketones is 2. The molecule has 0 saturated carbocycles. The summed E-state index contributed by atoms with van der Waals surface area (Å²) in [5.41, 5.74) is 1.28. The highest BCUT2D eigenvalue weighted by atomic mass is 16.1. The Kier molecular flexibility index (Phi) is 5.46. The van der Waals surface area contributed by atoms with Crippen molar-refractivity contribution < 1.29 is 9.59 Å². The van der Waals surface area contributed by atoms with Crippen molar-refractivity contribution in [3.63, 3.8) is 0 Å². The fourth-order valence-electron chi connectivity index (χ4n) is 0.940. The molecular formula is C12H16O2. The van der Waals surface area contributed by atoms with Crippen molar-refractivity contribution in [2.45, 2.75) is 27.7 Å². The first-order chi connectivity index (χ1) is 6.61. The Balaban J connectivity index is 0.000000791. The van der Waals surface area contributed by atoms with Gasteiger partial charge < -0.3 is 0 Å². The first-order valence-corrected chi connectivity index (χ1v) is 4.73. The van der Waals surface area contributed by atoms with E-state index in [0.717, 1.165) is 0 Å². The molecule has 76 valence electrons. The molecule has 0 spiro atoms. The summed E-state index contributed by atoms with van der Waals surface area (Å²) in [5.74, 6) is 0.0372. The number of rotatable bonds is 2. The maximum absolute atomic E-state index is 10.8. The summed E-state index contributed by atoms with van der Waals surface area (Å²) in [5, 5.41) is 0. The average Bonchev–Trinajstić information content (AvgIpc) is 2.21. The first kappa shape index (κ1) is 12.6. The number of Topliss-reactive ketones (excluding diaryl/α,β-unsaturated/α-hetero) is 2. The van der Waals surface area contributed by atoms with Gasteiger partial charge in [0.25, 0.3) is 0 Å². The molecule has 2 nitrogen and oxygen atoms in total. The highest BCUT2D eigenvalue weighted by Crippen LogP contribution is 2.05. The van der Waals surface area contributed by atoms with E-state index in [-0.39, 0.29) is 11.6 Å². The molecule has 0 aromatic heterocycles. The van der Waals surface area contributed by atoms with Gasteiger partial charge in [-0.15, -0.1) is 0 Å². The molecule has 0 aliphatic rings. The minimum absolute atomic E-state index is 0.0186. The molecule has 0 N–H and O–H groups in total. The molecule has 0 saturated heterocycles. The van der Waals surface area contributed by atoms with Crippen molar-refractivity contribution in [2.24, 2.45) is 0 Å². The summed E-state index contributed by atoms with van der Waals surface area (Å²) in [6.07, 6.45) is 0. The Bertz CT molecular complexity index is 277. The summed E-state index contributed by atoms with van der Waals surface area (Å²) in [7, 11) is 0. The average molecular weight is 192 g/mol. The van der Waals surface area contributed by atoms with Crippen LogP contribution in [0.3, 0.4) is 0 Å². The molecule has 2 heteroatoms. The summed E-state index contributed by atoms with van der Waals surface area (Å²) >= 11 is 0. The summed E-state index contributed by atoms with van der Waals surface area (Å²) in [4.78, 5) is 21.7. The van der Waals surface area contributed by atoms with E-state index in [1.165, 1.54) is 13.8 Å². The SMILES string of the molecule is CC.CC(=O)c1ccc(C(C)=O)cc1. The van der Waals surface area contributed by atoms with Gasteiger partial charge in [0, 0.05) is 11.1 Å². The smallest absolute Gasteiger partial charge is 0.159 e. The van der Waals surface area contributed by atoms with Gasteiger partial charge in [0.05, 0.1) is 0 Å². The quantitative estimate of drug-likeness (QED) is 0.675. The molecule has 0 aliphatic heterocycles. The van der Waals surface area contributed by atoms with Gasteiger partial charge >= 0.3 is 0 Å². The topological polar surface area (TPSA) is 34.1 Å². The molecule has 1 aromatic rings.